The number of rotatable bonds is 3. The van der Waals surface area contributed by atoms with Crippen LogP contribution in [0.25, 0.3) is 0 Å². The summed E-state index contributed by atoms with van der Waals surface area (Å²) in [5.74, 6) is 0.784. The Labute approximate surface area is 128 Å². The summed E-state index contributed by atoms with van der Waals surface area (Å²) in [7, 11) is -1.61. The Morgan fingerprint density at radius 3 is 2.76 bits per heavy atom. The van der Waals surface area contributed by atoms with Crippen LogP contribution in [0.5, 0.6) is 5.75 Å². The minimum atomic E-state index is -3.19. The van der Waals surface area contributed by atoms with E-state index in [1.54, 1.807) is 31.4 Å². The van der Waals surface area contributed by atoms with Gasteiger partial charge in [0.05, 0.1) is 27.9 Å². The number of nitrogens with two attached hydrogens (primary N) is 1. The minimum absolute atomic E-state index is 0.116. The highest BCUT2D eigenvalue weighted by molar-refractivity contribution is 8.01. The molecule has 0 aliphatic carbocycles. The van der Waals surface area contributed by atoms with Crippen molar-refractivity contribution in [2.45, 2.75) is 15.0 Å². The molecule has 1 aliphatic rings. The van der Waals surface area contributed by atoms with Crippen LogP contribution in [0.2, 0.25) is 0 Å². The number of ether oxygens (including phenoxy) is 1. The number of benzene rings is 2. The van der Waals surface area contributed by atoms with Crippen LogP contribution in [-0.2, 0) is 9.84 Å². The Balaban J connectivity index is 1.98. The van der Waals surface area contributed by atoms with Crippen LogP contribution >= 0.6 is 11.8 Å². The van der Waals surface area contributed by atoms with Crippen molar-refractivity contribution < 1.29 is 13.2 Å². The van der Waals surface area contributed by atoms with Crippen LogP contribution in [0.15, 0.2) is 52.3 Å². The van der Waals surface area contributed by atoms with Gasteiger partial charge >= 0.3 is 0 Å². The summed E-state index contributed by atoms with van der Waals surface area (Å²) in [4.78, 5) is 1.33. The average Bonchev–Trinajstić information content (AvgIpc) is 2.73. The van der Waals surface area contributed by atoms with E-state index in [-0.39, 0.29) is 11.0 Å². The van der Waals surface area contributed by atoms with Crippen molar-refractivity contribution in [3.05, 3.63) is 48.0 Å². The second-order valence-corrected chi connectivity index (χ2v) is 8.08. The molecule has 6 heteroatoms. The summed E-state index contributed by atoms with van der Waals surface area (Å²) < 4.78 is 29.7. The monoisotopic (exact) mass is 321 g/mol. The van der Waals surface area contributed by atoms with E-state index in [4.69, 9.17) is 10.5 Å². The number of anilines is 1. The lowest BCUT2D eigenvalue weighted by Gasteiger charge is -2.13. The van der Waals surface area contributed by atoms with Crippen molar-refractivity contribution in [1.82, 2.24) is 0 Å². The molecule has 1 heterocycles. The van der Waals surface area contributed by atoms with Gasteiger partial charge in [0, 0.05) is 11.8 Å². The first kappa shape index (κ1) is 14.3. The lowest BCUT2D eigenvalue weighted by Crippen LogP contribution is -2.01. The van der Waals surface area contributed by atoms with Gasteiger partial charge in [-0.15, -0.1) is 11.8 Å². The molecule has 0 saturated heterocycles. The Kier molecular flexibility index (Phi) is 3.59. The summed E-state index contributed by atoms with van der Waals surface area (Å²) in [6, 6.07) is 12.6. The van der Waals surface area contributed by atoms with Gasteiger partial charge in [0.25, 0.3) is 0 Å². The van der Waals surface area contributed by atoms with E-state index in [0.717, 1.165) is 10.5 Å². The summed E-state index contributed by atoms with van der Waals surface area (Å²) in [6.07, 6.45) is 0. The molecule has 0 spiro atoms. The first-order valence-corrected chi connectivity index (χ1v) is 8.96. The van der Waals surface area contributed by atoms with Crippen LogP contribution in [-0.4, -0.2) is 21.3 Å². The molecule has 0 amide bonds. The van der Waals surface area contributed by atoms with Crippen LogP contribution in [0, 0.1) is 0 Å². The van der Waals surface area contributed by atoms with Crippen molar-refractivity contribution in [1.29, 1.82) is 0 Å². The number of hydrogen-bond acceptors (Lipinski definition) is 5. The number of sulfone groups is 1. The second-order valence-electron chi connectivity index (χ2n) is 4.84. The first-order valence-electron chi connectivity index (χ1n) is 6.43. The van der Waals surface area contributed by atoms with Gasteiger partial charge in [0.15, 0.2) is 9.84 Å². The molecule has 21 heavy (non-hydrogen) atoms. The number of methoxy groups -OCH3 is 1. The van der Waals surface area contributed by atoms with E-state index in [1.165, 1.54) is 11.8 Å². The van der Waals surface area contributed by atoms with Gasteiger partial charge in [0.1, 0.15) is 5.75 Å². The number of hydrogen-bond donors (Lipinski definition) is 1. The topological polar surface area (TPSA) is 69.4 Å². The van der Waals surface area contributed by atoms with Crippen molar-refractivity contribution in [2.75, 3.05) is 18.6 Å². The summed E-state index contributed by atoms with van der Waals surface area (Å²) >= 11 is 1.50. The molecule has 110 valence electrons. The molecule has 3 rings (SSSR count). The van der Waals surface area contributed by atoms with E-state index in [1.807, 2.05) is 18.2 Å². The molecular formula is C15H15NO3S2. The predicted molar refractivity (Wildman–Crippen MR) is 84.5 cm³/mol. The molecular weight excluding hydrogens is 306 g/mol. The Morgan fingerprint density at radius 1 is 1.24 bits per heavy atom. The van der Waals surface area contributed by atoms with E-state index in [9.17, 15) is 8.42 Å². The lowest BCUT2D eigenvalue weighted by atomic mass is 10.2. The predicted octanol–water partition coefficient (Wildman–Crippen LogP) is 2.90. The zero-order valence-electron chi connectivity index (χ0n) is 11.4. The van der Waals surface area contributed by atoms with Crippen molar-refractivity contribution >= 4 is 27.3 Å². The maximum Gasteiger partial charge on any atom is 0.180 e. The smallest absolute Gasteiger partial charge is 0.180 e. The Bertz CT molecular complexity index is 787. The normalized spacial score (nSPS) is 19.2. The highest BCUT2D eigenvalue weighted by Gasteiger charge is 2.35. The van der Waals surface area contributed by atoms with Crippen molar-refractivity contribution in [2.24, 2.45) is 0 Å². The number of nitrogen functional groups attached to an aromatic ring is 1. The Morgan fingerprint density at radius 2 is 2.00 bits per heavy atom. The molecule has 2 aromatic rings. The van der Waals surface area contributed by atoms with Gasteiger partial charge in [-0.2, -0.15) is 0 Å². The van der Waals surface area contributed by atoms with Crippen molar-refractivity contribution in [3.63, 3.8) is 0 Å². The molecule has 0 aromatic heterocycles. The third kappa shape index (κ3) is 2.61. The fourth-order valence-corrected chi connectivity index (χ4v) is 5.98. The lowest BCUT2D eigenvalue weighted by molar-refractivity contribution is 0.405. The molecule has 1 unspecified atom stereocenters. The molecule has 2 aromatic carbocycles. The van der Waals surface area contributed by atoms with Gasteiger partial charge in [-0.25, -0.2) is 8.42 Å². The number of thioether (sulfide) groups is 1. The molecule has 0 fully saturated rings. The SMILES string of the molecule is COc1cc(N)ccc1SC1CS(=O)(=O)c2ccccc21. The van der Waals surface area contributed by atoms with Crippen LogP contribution in [0.1, 0.15) is 10.8 Å². The quantitative estimate of drug-likeness (QED) is 0.880. The first-order chi connectivity index (χ1) is 10.0. The minimum Gasteiger partial charge on any atom is -0.496 e. The highest BCUT2D eigenvalue weighted by atomic mass is 32.2. The summed E-state index contributed by atoms with van der Waals surface area (Å²) in [6.45, 7) is 0. The standard InChI is InChI=1S/C15H15NO3S2/c1-19-12-8-10(16)6-7-13(12)20-14-9-21(17,18)15-5-3-2-4-11(14)15/h2-8,14H,9,16H2,1H3. The molecule has 1 atom stereocenters. The molecule has 2 N–H and O–H groups in total. The third-order valence-corrected chi connectivity index (χ3v) is 6.75. The van der Waals surface area contributed by atoms with Crippen molar-refractivity contribution in [3.8, 4) is 5.75 Å². The fraction of sp³-hybridized carbons (Fsp3) is 0.200. The van der Waals surface area contributed by atoms with Gasteiger partial charge in [-0.1, -0.05) is 18.2 Å². The van der Waals surface area contributed by atoms with Crippen LogP contribution in [0.3, 0.4) is 0 Å². The second kappa shape index (κ2) is 5.27. The Hall–Kier alpha value is -1.66. The largest absolute Gasteiger partial charge is 0.496 e. The van der Waals surface area contributed by atoms with E-state index in [0.29, 0.717) is 16.3 Å². The van der Waals surface area contributed by atoms with Crippen LogP contribution in [0.4, 0.5) is 5.69 Å². The van der Waals surface area contributed by atoms with E-state index < -0.39 is 9.84 Å². The highest BCUT2D eigenvalue weighted by Crippen LogP contribution is 2.47. The molecule has 0 saturated carbocycles. The van der Waals surface area contributed by atoms with E-state index in [2.05, 4.69) is 0 Å². The van der Waals surface area contributed by atoms with Crippen LogP contribution < -0.4 is 10.5 Å². The fourth-order valence-electron chi connectivity index (χ4n) is 2.44. The molecule has 4 nitrogen and oxygen atoms in total. The molecule has 1 aliphatic heterocycles. The zero-order chi connectivity index (χ0) is 15.0. The average molecular weight is 321 g/mol. The van der Waals surface area contributed by atoms with Gasteiger partial charge < -0.3 is 10.5 Å². The summed E-state index contributed by atoms with van der Waals surface area (Å²) in [5.41, 5.74) is 7.23. The van der Waals surface area contributed by atoms with E-state index >= 15 is 0 Å². The molecule has 0 bridgehead atoms. The maximum absolute atomic E-state index is 12.2. The van der Waals surface area contributed by atoms with Gasteiger partial charge in [-0.3, -0.25) is 0 Å². The molecule has 0 radical (unpaired) electrons. The zero-order valence-corrected chi connectivity index (χ0v) is 13.1. The third-order valence-electron chi connectivity index (χ3n) is 3.43. The summed E-state index contributed by atoms with van der Waals surface area (Å²) in [5, 5.41) is -0.122. The number of fused-ring (bicyclic) bond motifs is 1. The van der Waals surface area contributed by atoms with Gasteiger partial charge in [0.2, 0.25) is 0 Å². The van der Waals surface area contributed by atoms with Gasteiger partial charge in [-0.05, 0) is 23.8 Å². The maximum atomic E-state index is 12.2.